The Labute approximate surface area is 141 Å². The van der Waals surface area contributed by atoms with Crippen LogP contribution in [0.1, 0.15) is 0 Å². The first-order valence-electron chi connectivity index (χ1n) is 7.04. The summed E-state index contributed by atoms with van der Waals surface area (Å²) < 4.78 is 32.9. The molecule has 1 aromatic carbocycles. The van der Waals surface area contributed by atoms with E-state index in [0.29, 0.717) is 21.1 Å². The molecule has 0 fully saturated rings. The van der Waals surface area contributed by atoms with E-state index in [2.05, 4.69) is 25.4 Å². The van der Waals surface area contributed by atoms with Gasteiger partial charge in [0, 0.05) is 5.56 Å². The average Bonchev–Trinajstić information content (AvgIpc) is 3.17. The van der Waals surface area contributed by atoms with Crippen molar-refractivity contribution in [2.45, 2.75) is 0 Å². The number of anilines is 1. The third-order valence-corrected chi connectivity index (χ3v) is 4.38. The Bertz CT molecular complexity index is 1180. The number of nitrogen functional groups attached to an aromatic ring is 1. The highest BCUT2D eigenvalue weighted by atomic mass is 32.2. The number of imidazole rings is 1. The number of benzene rings is 1. The molecule has 0 saturated heterocycles. The summed E-state index contributed by atoms with van der Waals surface area (Å²) in [5, 5.41) is 10.8. The molecule has 4 rings (SSSR count). The molecule has 25 heavy (non-hydrogen) atoms. The zero-order valence-electron chi connectivity index (χ0n) is 12.5. The number of aromatic nitrogens is 6. The smallest absolute Gasteiger partial charge is 0.368 e. The number of H-pyrrole nitrogens is 1. The zero-order chi connectivity index (χ0) is 17.6. The van der Waals surface area contributed by atoms with Gasteiger partial charge in [-0.1, -0.05) is 30.3 Å². The summed E-state index contributed by atoms with van der Waals surface area (Å²) in [6, 6.07) is 12.5. The van der Waals surface area contributed by atoms with Crippen LogP contribution in [0.5, 0.6) is 0 Å². The predicted molar refractivity (Wildman–Crippen MR) is 89.7 cm³/mol. The molecule has 0 aliphatic carbocycles. The van der Waals surface area contributed by atoms with Gasteiger partial charge in [-0.15, -0.1) is 0 Å². The highest BCUT2D eigenvalue weighted by Gasteiger charge is 2.21. The SMILES string of the molecule is Nc1nc2ccc(-c3n[nH]nc3-c3ccccc3)nc2n1S(=O)(=O)O. The molecule has 0 unspecified atom stereocenters. The minimum absolute atomic E-state index is 0.0977. The molecule has 3 aromatic heterocycles. The largest absolute Gasteiger partial charge is 0.368 e. The first kappa shape index (κ1) is 15.2. The molecule has 4 aromatic rings. The second kappa shape index (κ2) is 5.36. The molecule has 3 heterocycles. The molecular formula is C14H11N7O3S. The van der Waals surface area contributed by atoms with E-state index in [1.807, 2.05) is 30.3 Å². The van der Waals surface area contributed by atoms with Gasteiger partial charge in [0.15, 0.2) is 5.65 Å². The lowest BCUT2D eigenvalue weighted by atomic mass is 10.1. The fourth-order valence-electron chi connectivity index (χ4n) is 2.52. The fraction of sp³-hybridized carbons (Fsp3) is 0. The summed E-state index contributed by atoms with van der Waals surface area (Å²) in [6.07, 6.45) is 0. The molecule has 0 atom stereocenters. The number of hydrogen-bond donors (Lipinski definition) is 3. The number of hydrogen-bond acceptors (Lipinski definition) is 7. The number of fused-ring (bicyclic) bond motifs is 1. The molecule has 10 nitrogen and oxygen atoms in total. The van der Waals surface area contributed by atoms with Gasteiger partial charge in [0.1, 0.15) is 16.9 Å². The summed E-state index contributed by atoms with van der Waals surface area (Å²) in [4.78, 5) is 8.13. The van der Waals surface area contributed by atoms with Gasteiger partial charge in [0.2, 0.25) is 5.95 Å². The van der Waals surface area contributed by atoms with Gasteiger partial charge in [-0.25, -0.2) is 9.97 Å². The molecule has 0 spiro atoms. The van der Waals surface area contributed by atoms with Gasteiger partial charge in [0.25, 0.3) is 0 Å². The zero-order valence-corrected chi connectivity index (χ0v) is 13.3. The van der Waals surface area contributed by atoms with Crippen LogP contribution in [0.3, 0.4) is 0 Å². The fourth-order valence-corrected chi connectivity index (χ4v) is 3.15. The van der Waals surface area contributed by atoms with Crippen LogP contribution in [0.15, 0.2) is 42.5 Å². The van der Waals surface area contributed by atoms with Gasteiger partial charge in [-0.3, -0.25) is 4.55 Å². The van der Waals surface area contributed by atoms with Crippen molar-refractivity contribution in [2.24, 2.45) is 0 Å². The molecule has 0 amide bonds. The molecule has 4 N–H and O–H groups in total. The summed E-state index contributed by atoms with van der Waals surface area (Å²) in [5.41, 5.74) is 7.84. The van der Waals surface area contributed by atoms with Crippen LogP contribution in [-0.2, 0) is 10.3 Å². The maximum absolute atomic E-state index is 11.5. The lowest BCUT2D eigenvalue weighted by molar-refractivity contribution is 0.474. The Morgan fingerprint density at radius 2 is 1.72 bits per heavy atom. The van der Waals surface area contributed by atoms with Gasteiger partial charge >= 0.3 is 10.3 Å². The summed E-state index contributed by atoms with van der Waals surface area (Å²) in [7, 11) is -4.64. The van der Waals surface area contributed by atoms with Crippen LogP contribution >= 0.6 is 0 Å². The van der Waals surface area contributed by atoms with Crippen LogP contribution in [0.4, 0.5) is 5.95 Å². The second-order valence-corrected chi connectivity index (χ2v) is 6.40. The standard InChI is InChI=1S/C14H11N7O3S/c15-14-17-10-7-6-9(16-13(10)21(14)25(22,23)24)12-11(18-20-19-12)8-4-2-1-3-5-8/h1-7H,(H2,15,17)(H,18,19,20)(H,22,23,24). The molecule has 0 bridgehead atoms. The molecular weight excluding hydrogens is 346 g/mol. The monoisotopic (exact) mass is 357 g/mol. The molecule has 0 saturated carbocycles. The summed E-state index contributed by atoms with van der Waals surface area (Å²) in [5.74, 6) is -0.384. The molecule has 0 aliphatic heterocycles. The van der Waals surface area contributed by atoms with Crippen molar-refractivity contribution in [3.8, 4) is 22.6 Å². The van der Waals surface area contributed by atoms with E-state index in [4.69, 9.17) is 5.73 Å². The Morgan fingerprint density at radius 3 is 2.44 bits per heavy atom. The third-order valence-electron chi connectivity index (χ3n) is 3.56. The first-order valence-corrected chi connectivity index (χ1v) is 8.44. The number of nitrogens with one attached hydrogen (secondary N) is 1. The highest BCUT2D eigenvalue weighted by Crippen LogP contribution is 2.28. The molecule has 11 heteroatoms. The van der Waals surface area contributed by atoms with Crippen molar-refractivity contribution in [1.29, 1.82) is 0 Å². The minimum Gasteiger partial charge on any atom is -0.368 e. The van der Waals surface area contributed by atoms with Crippen molar-refractivity contribution in [2.75, 3.05) is 5.73 Å². The molecule has 0 aliphatic rings. The maximum atomic E-state index is 11.5. The maximum Gasteiger partial charge on any atom is 0.368 e. The van der Waals surface area contributed by atoms with Crippen molar-refractivity contribution >= 4 is 27.4 Å². The Balaban J connectivity index is 1.94. The van der Waals surface area contributed by atoms with Crippen LogP contribution < -0.4 is 5.73 Å². The summed E-state index contributed by atoms with van der Waals surface area (Å²) >= 11 is 0. The lowest BCUT2D eigenvalue weighted by Crippen LogP contribution is -2.14. The van der Waals surface area contributed by atoms with Crippen LogP contribution in [-0.4, -0.2) is 42.3 Å². The number of nitrogens with two attached hydrogens (primary N) is 1. The predicted octanol–water partition coefficient (Wildman–Crippen LogP) is 1.12. The quantitative estimate of drug-likeness (QED) is 0.461. The lowest BCUT2D eigenvalue weighted by Gasteiger charge is -2.03. The summed E-state index contributed by atoms with van der Waals surface area (Å²) in [6.45, 7) is 0. The van der Waals surface area contributed by atoms with E-state index in [-0.39, 0.29) is 17.1 Å². The number of nitrogens with zero attached hydrogens (tertiary/aromatic N) is 5. The first-order chi connectivity index (χ1) is 11.9. The second-order valence-electron chi connectivity index (χ2n) is 5.14. The van der Waals surface area contributed by atoms with Crippen molar-refractivity contribution in [1.82, 2.24) is 29.4 Å². The van der Waals surface area contributed by atoms with Crippen LogP contribution in [0.2, 0.25) is 0 Å². The van der Waals surface area contributed by atoms with E-state index in [9.17, 15) is 13.0 Å². The van der Waals surface area contributed by atoms with E-state index in [1.165, 1.54) is 0 Å². The normalized spacial score (nSPS) is 11.9. The molecule has 0 radical (unpaired) electrons. The van der Waals surface area contributed by atoms with E-state index in [0.717, 1.165) is 5.56 Å². The van der Waals surface area contributed by atoms with Crippen LogP contribution in [0.25, 0.3) is 33.8 Å². The Kier molecular flexibility index (Phi) is 3.26. The molecule has 126 valence electrons. The van der Waals surface area contributed by atoms with Gasteiger partial charge in [-0.2, -0.15) is 27.8 Å². The minimum atomic E-state index is -4.64. The van der Waals surface area contributed by atoms with E-state index >= 15 is 0 Å². The number of aromatic amines is 1. The Hall–Kier alpha value is -3.31. The van der Waals surface area contributed by atoms with E-state index < -0.39 is 10.3 Å². The number of rotatable bonds is 3. The van der Waals surface area contributed by atoms with Gasteiger partial charge in [0.05, 0.1) is 5.69 Å². The van der Waals surface area contributed by atoms with Crippen molar-refractivity contribution in [3.63, 3.8) is 0 Å². The van der Waals surface area contributed by atoms with Crippen LogP contribution in [0, 0.1) is 0 Å². The number of pyridine rings is 1. The van der Waals surface area contributed by atoms with Crippen molar-refractivity contribution in [3.05, 3.63) is 42.5 Å². The van der Waals surface area contributed by atoms with Gasteiger partial charge < -0.3 is 5.73 Å². The van der Waals surface area contributed by atoms with Gasteiger partial charge in [-0.05, 0) is 12.1 Å². The third kappa shape index (κ3) is 2.51. The van der Waals surface area contributed by atoms with Crippen molar-refractivity contribution < 1.29 is 13.0 Å². The topological polar surface area (TPSA) is 153 Å². The highest BCUT2D eigenvalue weighted by molar-refractivity contribution is 7.84. The average molecular weight is 357 g/mol. The van der Waals surface area contributed by atoms with E-state index in [1.54, 1.807) is 12.1 Å². The Morgan fingerprint density at radius 1 is 1.00 bits per heavy atom.